The fourth-order valence-electron chi connectivity index (χ4n) is 1.61. The summed E-state index contributed by atoms with van der Waals surface area (Å²) in [7, 11) is 0. The average molecular weight is 275 g/mol. The number of aliphatic hydroxyl groups is 1. The molecule has 0 saturated heterocycles. The maximum absolute atomic E-state index is 9.28. The lowest BCUT2D eigenvalue weighted by atomic mass is 10.1. The van der Waals surface area contributed by atoms with Crippen molar-refractivity contribution in [1.82, 2.24) is 4.98 Å². The Morgan fingerprint density at radius 1 is 1.26 bits per heavy atom. The highest BCUT2D eigenvalue weighted by atomic mass is 35.5. The molecule has 0 radical (unpaired) electrons. The van der Waals surface area contributed by atoms with Gasteiger partial charge in [0, 0.05) is 6.07 Å². The van der Waals surface area contributed by atoms with E-state index in [1.54, 1.807) is 36.4 Å². The van der Waals surface area contributed by atoms with E-state index in [0.29, 0.717) is 22.2 Å². The van der Waals surface area contributed by atoms with Crippen LogP contribution in [-0.4, -0.2) is 10.1 Å². The van der Waals surface area contributed by atoms with E-state index in [-0.39, 0.29) is 13.2 Å². The largest absolute Gasteiger partial charge is 0.473 e. The quantitative estimate of drug-likeness (QED) is 0.871. The van der Waals surface area contributed by atoms with Crippen LogP contribution in [0.4, 0.5) is 0 Å². The molecule has 2 rings (SSSR count). The molecule has 0 fully saturated rings. The molecule has 0 bridgehead atoms. The van der Waals surface area contributed by atoms with Gasteiger partial charge in [-0.25, -0.2) is 4.98 Å². The predicted molar refractivity (Wildman–Crippen MR) is 70.7 cm³/mol. The lowest BCUT2D eigenvalue weighted by molar-refractivity contribution is 0.266. The number of hydrogen-bond donors (Lipinski definition) is 1. The normalized spacial score (nSPS) is 9.95. The number of nitriles is 1. The first-order chi connectivity index (χ1) is 9.22. The van der Waals surface area contributed by atoms with Crippen LogP contribution in [0.2, 0.25) is 5.15 Å². The number of benzene rings is 1. The summed E-state index contributed by atoms with van der Waals surface area (Å²) < 4.78 is 5.50. The van der Waals surface area contributed by atoms with Crippen LogP contribution in [0, 0.1) is 11.3 Å². The van der Waals surface area contributed by atoms with E-state index in [2.05, 4.69) is 4.98 Å². The van der Waals surface area contributed by atoms with Gasteiger partial charge in [-0.2, -0.15) is 5.26 Å². The molecule has 19 heavy (non-hydrogen) atoms. The maximum atomic E-state index is 9.28. The zero-order valence-corrected chi connectivity index (χ0v) is 10.8. The predicted octanol–water partition coefficient (Wildman–Crippen LogP) is 2.68. The van der Waals surface area contributed by atoms with E-state index in [9.17, 15) is 5.11 Å². The van der Waals surface area contributed by atoms with E-state index in [1.807, 2.05) is 6.07 Å². The van der Waals surface area contributed by atoms with Gasteiger partial charge in [0.15, 0.2) is 0 Å². The second kappa shape index (κ2) is 6.19. The fourth-order valence-corrected chi connectivity index (χ4v) is 1.76. The molecule has 0 atom stereocenters. The lowest BCUT2D eigenvalue weighted by Crippen LogP contribution is -2.02. The zero-order chi connectivity index (χ0) is 13.7. The number of pyridine rings is 1. The molecule has 0 saturated carbocycles. The Labute approximate surface area is 115 Å². The van der Waals surface area contributed by atoms with Crippen LogP contribution >= 0.6 is 11.6 Å². The van der Waals surface area contributed by atoms with Crippen molar-refractivity contribution in [2.45, 2.75) is 13.2 Å². The van der Waals surface area contributed by atoms with Crippen molar-refractivity contribution in [2.75, 3.05) is 0 Å². The molecule has 96 valence electrons. The second-order valence-electron chi connectivity index (χ2n) is 3.84. The Morgan fingerprint density at radius 2 is 2.11 bits per heavy atom. The number of rotatable bonds is 4. The molecule has 4 nitrogen and oxygen atoms in total. The number of ether oxygens (including phenoxy) is 1. The van der Waals surface area contributed by atoms with Crippen molar-refractivity contribution >= 4 is 11.6 Å². The molecular weight excluding hydrogens is 264 g/mol. The summed E-state index contributed by atoms with van der Waals surface area (Å²) in [5.74, 6) is 0.417. The van der Waals surface area contributed by atoms with Crippen molar-refractivity contribution < 1.29 is 9.84 Å². The van der Waals surface area contributed by atoms with Gasteiger partial charge in [0.1, 0.15) is 11.8 Å². The maximum Gasteiger partial charge on any atom is 0.214 e. The minimum Gasteiger partial charge on any atom is -0.473 e. The van der Waals surface area contributed by atoms with Crippen molar-refractivity contribution in [3.05, 3.63) is 58.2 Å². The highest BCUT2D eigenvalue weighted by molar-refractivity contribution is 6.29. The van der Waals surface area contributed by atoms with Gasteiger partial charge in [-0.15, -0.1) is 0 Å². The van der Waals surface area contributed by atoms with Crippen LogP contribution in [-0.2, 0) is 13.2 Å². The fraction of sp³-hybridized carbons (Fsp3) is 0.143. The molecule has 0 aliphatic rings. The molecule has 0 aliphatic heterocycles. The van der Waals surface area contributed by atoms with Crippen LogP contribution in [0.1, 0.15) is 16.7 Å². The first kappa shape index (κ1) is 13.3. The van der Waals surface area contributed by atoms with Crippen molar-refractivity contribution in [3.8, 4) is 11.9 Å². The molecule has 1 aromatic carbocycles. The molecule has 0 amide bonds. The minimum atomic E-state index is -0.142. The van der Waals surface area contributed by atoms with Gasteiger partial charge in [0.25, 0.3) is 0 Å². The van der Waals surface area contributed by atoms with E-state index in [0.717, 1.165) is 5.56 Å². The monoisotopic (exact) mass is 274 g/mol. The number of aliphatic hydroxyl groups excluding tert-OH is 1. The smallest absolute Gasteiger partial charge is 0.214 e. The lowest BCUT2D eigenvalue weighted by Gasteiger charge is -2.09. The van der Waals surface area contributed by atoms with Crippen molar-refractivity contribution in [3.63, 3.8) is 0 Å². The van der Waals surface area contributed by atoms with Crippen LogP contribution in [0.3, 0.4) is 0 Å². The topological polar surface area (TPSA) is 66.1 Å². The van der Waals surface area contributed by atoms with Gasteiger partial charge in [0.05, 0.1) is 18.2 Å². The van der Waals surface area contributed by atoms with Crippen molar-refractivity contribution in [1.29, 1.82) is 5.26 Å². The summed E-state index contributed by atoms with van der Waals surface area (Å²) in [6, 6.07) is 12.2. The van der Waals surface area contributed by atoms with E-state index in [1.165, 1.54) is 0 Å². The summed E-state index contributed by atoms with van der Waals surface area (Å²) in [4.78, 5) is 4.01. The van der Waals surface area contributed by atoms with Gasteiger partial charge in [-0.1, -0.05) is 23.7 Å². The molecule has 5 heteroatoms. The Hall–Kier alpha value is -2.09. The van der Waals surface area contributed by atoms with Gasteiger partial charge < -0.3 is 9.84 Å². The van der Waals surface area contributed by atoms with Crippen LogP contribution in [0.25, 0.3) is 0 Å². The van der Waals surface area contributed by atoms with E-state index in [4.69, 9.17) is 21.6 Å². The SMILES string of the molecule is N#Cc1ccc(COc2cccc(Cl)n2)c(CO)c1. The molecule has 1 N–H and O–H groups in total. The third-order valence-corrected chi connectivity index (χ3v) is 2.78. The molecule has 1 heterocycles. The Balaban J connectivity index is 2.13. The Morgan fingerprint density at radius 3 is 2.79 bits per heavy atom. The van der Waals surface area contributed by atoms with E-state index < -0.39 is 0 Å². The molecule has 2 aromatic rings. The summed E-state index contributed by atoms with van der Waals surface area (Å²) >= 11 is 5.76. The Bertz CT molecular complexity index is 623. The number of nitrogens with zero attached hydrogens (tertiary/aromatic N) is 2. The molecule has 0 aliphatic carbocycles. The molecule has 0 spiro atoms. The van der Waals surface area contributed by atoms with Gasteiger partial charge in [-0.05, 0) is 29.3 Å². The zero-order valence-electron chi connectivity index (χ0n) is 10.0. The average Bonchev–Trinajstić information content (AvgIpc) is 2.45. The minimum absolute atomic E-state index is 0.142. The summed E-state index contributed by atoms with van der Waals surface area (Å²) in [6.45, 7) is 0.117. The number of halogens is 1. The summed E-state index contributed by atoms with van der Waals surface area (Å²) in [6.07, 6.45) is 0. The highest BCUT2D eigenvalue weighted by Gasteiger charge is 2.05. The molecule has 0 unspecified atom stereocenters. The standard InChI is InChI=1S/C14H11ClN2O2/c15-13-2-1-3-14(17-13)19-9-11-5-4-10(7-16)6-12(11)8-18/h1-6,18H,8-9H2. The number of hydrogen-bond acceptors (Lipinski definition) is 4. The first-order valence-corrected chi connectivity index (χ1v) is 5.99. The van der Waals surface area contributed by atoms with Gasteiger partial charge in [0.2, 0.25) is 5.88 Å². The van der Waals surface area contributed by atoms with E-state index >= 15 is 0 Å². The molecule has 1 aromatic heterocycles. The van der Waals surface area contributed by atoms with Gasteiger partial charge in [-0.3, -0.25) is 0 Å². The van der Waals surface area contributed by atoms with Crippen LogP contribution in [0.5, 0.6) is 5.88 Å². The third-order valence-electron chi connectivity index (χ3n) is 2.57. The van der Waals surface area contributed by atoms with Crippen LogP contribution < -0.4 is 4.74 Å². The van der Waals surface area contributed by atoms with Gasteiger partial charge >= 0.3 is 0 Å². The number of aromatic nitrogens is 1. The summed E-state index contributed by atoms with van der Waals surface area (Å²) in [5.41, 5.74) is 1.98. The Kier molecular flexibility index (Phi) is 4.35. The van der Waals surface area contributed by atoms with Crippen molar-refractivity contribution in [2.24, 2.45) is 0 Å². The highest BCUT2D eigenvalue weighted by Crippen LogP contribution is 2.16. The third kappa shape index (κ3) is 3.44. The summed E-state index contributed by atoms with van der Waals surface area (Å²) in [5, 5.41) is 18.4. The second-order valence-corrected chi connectivity index (χ2v) is 4.23. The van der Waals surface area contributed by atoms with Crippen LogP contribution in [0.15, 0.2) is 36.4 Å². The first-order valence-electron chi connectivity index (χ1n) is 5.61. The molecular formula is C14H11ClN2O2.